The van der Waals surface area contributed by atoms with Crippen LogP contribution < -0.4 is 0 Å². The van der Waals surface area contributed by atoms with Crippen LogP contribution >= 0.6 is 11.3 Å². The highest BCUT2D eigenvalue weighted by atomic mass is 32.1. The van der Waals surface area contributed by atoms with Gasteiger partial charge in [-0.2, -0.15) is 0 Å². The predicted octanol–water partition coefficient (Wildman–Crippen LogP) is 4.35. The molecule has 2 amide bonds. The molecule has 1 aromatic carbocycles. The molecule has 2 aliphatic rings. The van der Waals surface area contributed by atoms with Gasteiger partial charge >= 0.3 is 0 Å². The molecule has 0 bridgehead atoms. The lowest BCUT2D eigenvalue weighted by Crippen LogP contribution is -2.48. The molecular weight excluding hydrogens is 380 g/mol. The molecule has 4 nitrogen and oxygen atoms in total. The van der Waals surface area contributed by atoms with Crippen LogP contribution in [-0.2, 0) is 16.0 Å². The number of rotatable bonds is 6. The lowest BCUT2D eigenvalue weighted by atomic mass is 9.84. The summed E-state index contributed by atoms with van der Waals surface area (Å²) < 4.78 is 0. The van der Waals surface area contributed by atoms with Crippen molar-refractivity contribution in [2.24, 2.45) is 5.92 Å². The zero-order chi connectivity index (χ0) is 20.4. The summed E-state index contributed by atoms with van der Waals surface area (Å²) in [6.45, 7) is 7.09. The van der Waals surface area contributed by atoms with E-state index in [1.165, 1.54) is 16.0 Å². The first-order valence-corrected chi connectivity index (χ1v) is 11.3. The van der Waals surface area contributed by atoms with Crippen molar-refractivity contribution in [2.75, 3.05) is 19.6 Å². The Kier molecular flexibility index (Phi) is 5.86. The fraction of sp³-hybridized carbons (Fsp3) is 0.417. The van der Waals surface area contributed by atoms with E-state index < -0.39 is 0 Å². The lowest BCUT2D eigenvalue weighted by Gasteiger charge is -2.38. The minimum atomic E-state index is -0.0810. The van der Waals surface area contributed by atoms with E-state index in [0.29, 0.717) is 13.1 Å². The number of thiophene rings is 1. The summed E-state index contributed by atoms with van der Waals surface area (Å²) in [5.74, 6) is 0.201. The van der Waals surface area contributed by atoms with Crippen LogP contribution in [0.3, 0.4) is 0 Å². The predicted molar refractivity (Wildman–Crippen MR) is 117 cm³/mol. The largest absolute Gasteiger partial charge is 0.330 e. The van der Waals surface area contributed by atoms with Crippen molar-refractivity contribution in [1.29, 1.82) is 0 Å². The maximum Gasteiger partial charge on any atom is 0.243 e. The van der Waals surface area contributed by atoms with Crippen LogP contribution in [-0.4, -0.2) is 41.2 Å². The monoisotopic (exact) mass is 408 g/mol. The quantitative estimate of drug-likeness (QED) is 0.667. The number of carbonyl (C=O) groups excluding carboxylic acids is 2. The van der Waals surface area contributed by atoms with Crippen LogP contribution in [0.15, 0.2) is 48.4 Å². The SMILES string of the molecule is C=CCN(CC(=O)N1CCc2sccc2[C@H]1c1ccc(C)cc1)C(=O)C1CCC1. The highest BCUT2D eigenvalue weighted by Crippen LogP contribution is 2.38. The normalized spacial score (nSPS) is 18.7. The third-order valence-corrected chi connectivity index (χ3v) is 7.12. The van der Waals surface area contributed by atoms with Gasteiger partial charge in [0.15, 0.2) is 0 Å². The summed E-state index contributed by atoms with van der Waals surface area (Å²) in [4.78, 5) is 31.2. The van der Waals surface area contributed by atoms with Crippen LogP contribution in [0.1, 0.15) is 46.9 Å². The van der Waals surface area contributed by atoms with Crippen molar-refractivity contribution in [2.45, 2.75) is 38.6 Å². The lowest BCUT2D eigenvalue weighted by molar-refractivity contribution is -0.145. The Morgan fingerprint density at radius 3 is 2.66 bits per heavy atom. The molecule has 4 rings (SSSR count). The number of amides is 2. The third kappa shape index (κ3) is 4.01. The molecule has 1 saturated carbocycles. The van der Waals surface area contributed by atoms with Crippen LogP contribution in [0.2, 0.25) is 0 Å². The second-order valence-corrected chi connectivity index (χ2v) is 9.09. The molecule has 1 fully saturated rings. The molecule has 1 aliphatic heterocycles. The van der Waals surface area contributed by atoms with Crippen LogP contribution in [0.4, 0.5) is 0 Å². The van der Waals surface area contributed by atoms with E-state index in [2.05, 4.69) is 49.2 Å². The van der Waals surface area contributed by atoms with E-state index in [0.717, 1.165) is 31.2 Å². The number of fused-ring (bicyclic) bond motifs is 1. The highest BCUT2D eigenvalue weighted by Gasteiger charge is 2.35. The van der Waals surface area contributed by atoms with Gasteiger partial charge in [0.25, 0.3) is 0 Å². The average molecular weight is 409 g/mol. The van der Waals surface area contributed by atoms with E-state index in [4.69, 9.17) is 0 Å². The Morgan fingerprint density at radius 1 is 1.24 bits per heavy atom. The van der Waals surface area contributed by atoms with Gasteiger partial charge in [-0.15, -0.1) is 17.9 Å². The average Bonchev–Trinajstić information content (AvgIpc) is 3.15. The highest BCUT2D eigenvalue weighted by molar-refractivity contribution is 7.10. The van der Waals surface area contributed by atoms with Crippen LogP contribution in [0, 0.1) is 12.8 Å². The number of benzene rings is 1. The second kappa shape index (κ2) is 8.54. The first-order valence-electron chi connectivity index (χ1n) is 10.4. The third-order valence-electron chi connectivity index (χ3n) is 6.12. The first kappa shape index (κ1) is 19.9. The number of hydrogen-bond acceptors (Lipinski definition) is 3. The van der Waals surface area contributed by atoms with Gasteiger partial charge in [0.2, 0.25) is 11.8 Å². The number of aryl methyl sites for hydroxylation is 1. The Labute approximate surface area is 176 Å². The fourth-order valence-electron chi connectivity index (χ4n) is 4.25. The molecular formula is C24H28N2O2S. The summed E-state index contributed by atoms with van der Waals surface area (Å²) in [6.07, 6.45) is 5.58. The summed E-state index contributed by atoms with van der Waals surface area (Å²) in [5, 5.41) is 2.12. The maximum absolute atomic E-state index is 13.4. The topological polar surface area (TPSA) is 40.6 Å². The molecule has 29 heavy (non-hydrogen) atoms. The molecule has 1 aliphatic carbocycles. The number of hydrogen-bond donors (Lipinski definition) is 0. The van der Waals surface area contributed by atoms with Crippen molar-refractivity contribution in [1.82, 2.24) is 9.80 Å². The standard InChI is InChI=1S/C24H28N2O2S/c1-3-13-25(24(28)19-5-4-6-19)16-22(27)26-14-11-21-20(12-15-29-21)23(26)18-9-7-17(2)8-10-18/h3,7-10,12,15,19,23H,1,4-6,11,13-14,16H2,2H3/t23-/m1/s1. The summed E-state index contributed by atoms with van der Waals surface area (Å²) in [7, 11) is 0. The fourth-order valence-corrected chi connectivity index (χ4v) is 5.15. The van der Waals surface area contributed by atoms with Crippen molar-refractivity contribution in [3.63, 3.8) is 0 Å². The van der Waals surface area contributed by atoms with E-state index >= 15 is 0 Å². The Balaban J connectivity index is 1.59. The minimum absolute atomic E-state index is 0.0157. The van der Waals surface area contributed by atoms with Crippen molar-refractivity contribution in [3.8, 4) is 0 Å². The second-order valence-electron chi connectivity index (χ2n) is 8.08. The first-order chi connectivity index (χ1) is 14.1. The maximum atomic E-state index is 13.4. The van der Waals surface area contributed by atoms with Crippen molar-refractivity contribution < 1.29 is 9.59 Å². The molecule has 1 aromatic heterocycles. The summed E-state index contributed by atoms with van der Waals surface area (Å²) in [6, 6.07) is 10.5. The Morgan fingerprint density at radius 2 is 2.00 bits per heavy atom. The molecule has 1 atom stereocenters. The van der Waals surface area contributed by atoms with Crippen LogP contribution in [0.5, 0.6) is 0 Å². The van der Waals surface area contributed by atoms with Gasteiger partial charge in [0.1, 0.15) is 6.54 Å². The summed E-state index contributed by atoms with van der Waals surface area (Å²) in [5.41, 5.74) is 3.55. The molecule has 152 valence electrons. The number of nitrogens with zero attached hydrogens (tertiary/aromatic N) is 2. The minimum Gasteiger partial charge on any atom is -0.330 e. The van der Waals surface area contributed by atoms with E-state index in [1.807, 2.05) is 4.90 Å². The van der Waals surface area contributed by atoms with Gasteiger partial charge in [-0.1, -0.05) is 42.3 Å². The molecule has 2 heterocycles. The van der Waals surface area contributed by atoms with Crippen molar-refractivity contribution >= 4 is 23.2 Å². The van der Waals surface area contributed by atoms with Gasteiger partial charge in [-0.05, 0) is 48.8 Å². The van der Waals surface area contributed by atoms with Gasteiger partial charge < -0.3 is 9.80 Å². The van der Waals surface area contributed by atoms with E-state index in [9.17, 15) is 9.59 Å². The van der Waals surface area contributed by atoms with E-state index in [1.54, 1.807) is 22.3 Å². The van der Waals surface area contributed by atoms with Gasteiger partial charge in [-0.25, -0.2) is 0 Å². The molecule has 0 N–H and O–H groups in total. The van der Waals surface area contributed by atoms with Crippen LogP contribution in [0.25, 0.3) is 0 Å². The molecule has 0 saturated heterocycles. The van der Waals surface area contributed by atoms with E-state index in [-0.39, 0.29) is 30.3 Å². The molecule has 0 unspecified atom stereocenters. The van der Waals surface area contributed by atoms with Gasteiger partial charge in [0, 0.05) is 23.9 Å². The van der Waals surface area contributed by atoms with Crippen molar-refractivity contribution in [3.05, 3.63) is 69.9 Å². The summed E-state index contributed by atoms with van der Waals surface area (Å²) >= 11 is 1.77. The smallest absolute Gasteiger partial charge is 0.243 e. The molecule has 0 radical (unpaired) electrons. The van der Waals surface area contributed by atoms with Gasteiger partial charge in [0.05, 0.1) is 6.04 Å². The molecule has 5 heteroatoms. The number of carbonyl (C=O) groups is 2. The molecule has 2 aromatic rings. The zero-order valence-electron chi connectivity index (χ0n) is 17.0. The van der Waals surface area contributed by atoms with Gasteiger partial charge in [-0.3, -0.25) is 9.59 Å². The zero-order valence-corrected chi connectivity index (χ0v) is 17.8. The Hall–Kier alpha value is -2.40. The Bertz CT molecular complexity index is 898. The molecule has 0 spiro atoms.